The van der Waals surface area contributed by atoms with Gasteiger partial charge < -0.3 is 10.6 Å². The van der Waals surface area contributed by atoms with Crippen molar-refractivity contribution in [1.29, 1.82) is 0 Å². The number of nitrogens with one attached hydrogen (secondary N) is 3. The molecule has 1 aromatic carbocycles. The Morgan fingerprint density at radius 1 is 1.33 bits per heavy atom. The Labute approximate surface area is 143 Å². The Balaban J connectivity index is 2.22. The van der Waals surface area contributed by atoms with Crippen LogP contribution in [0, 0.1) is 10.1 Å². The number of urea groups is 1. The maximum absolute atomic E-state index is 12.6. The molecule has 1 aliphatic rings. The number of hydrogen-bond acceptors (Lipinski definition) is 5. The van der Waals surface area contributed by atoms with Crippen LogP contribution in [0.25, 0.3) is 0 Å². The number of carbonyl (C=O) groups excluding carboxylic acids is 2. The second-order valence-corrected chi connectivity index (χ2v) is 6.15. The number of benzene rings is 1. The zero-order valence-corrected chi connectivity index (χ0v) is 14.1. The van der Waals surface area contributed by atoms with Crippen LogP contribution in [-0.2, 0) is 10.3 Å². The van der Waals surface area contributed by atoms with E-state index in [1.54, 1.807) is 0 Å². The summed E-state index contributed by atoms with van der Waals surface area (Å²) in [6.45, 7) is 5.25. The van der Waals surface area contributed by atoms with Crippen molar-refractivity contribution in [3.05, 3.63) is 39.9 Å². The normalized spacial score (nSPS) is 20.1. The number of hydrogen-bond donors (Lipinski definition) is 3. The van der Waals surface area contributed by atoms with Crippen molar-refractivity contribution >= 4 is 35.0 Å². The molecular formula is C14H17N5O4S. The lowest BCUT2D eigenvalue weighted by Crippen LogP contribution is -2.52. The fourth-order valence-corrected chi connectivity index (χ4v) is 2.58. The van der Waals surface area contributed by atoms with E-state index in [0.717, 1.165) is 5.01 Å². The quantitative estimate of drug-likeness (QED) is 0.322. The van der Waals surface area contributed by atoms with E-state index >= 15 is 0 Å². The van der Waals surface area contributed by atoms with E-state index in [1.807, 2.05) is 13.8 Å². The number of carbonyl (C=O) groups is 2. The third kappa shape index (κ3) is 3.27. The Bertz CT molecular complexity index is 706. The molecule has 2 rings (SSSR count). The Morgan fingerprint density at radius 2 is 1.92 bits per heavy atom. The van der Waals surface area contributed by atoms with E-state index in [9.17, 15) is 19.7 Å². The lowest BCUT2D eigenvalue weighted by Gasteiger charge is -2.23. The first-order valence-electron chi connectivity index (χ1n) is 7.14. The van der Waals surface area contributed by atoms with E-state index < -0.39 is 22.4 Å². The highest BCUT2D eigenvalue weighted by molar-refractivity contribution is 7.80. The molecule has 0 unspecified atom stereocenters. The van der Waals surface area contributed by atoms with Crippen LogP contribution in [-0.4, -0.2) is 33.0 Å². The summed E-state index contributed by atoms with van der Waals surface area (Å²) in [5, 5.41) is 17.1. The van der Waals surface area contributed by atoms with Gasteiger partial charge >= 0.3 is 6.03 Å². The molecule has 1 aromatic rings. The monoisotopic (exact) mass is 351 g/mol. The van der Waals surface area contributed by atoms with Crippen LogP contribution in [0.5, 0.6) is 0 Å². The predicted molar refractivity (Wildman–Crippen MR) is 89.8 cm³/mol. The summed E-state index contributed by atoms with van der Waals surface area (Å²) in [5.74, 6) is -0.561. The average molecular weight is 351 g/mol. The Morgan fingerprint density at radius 3 is 2.42 bits per heavy atom. The first-order chi connectivity index (χ1) is 11.1. The van der Waals surface area contributed by atoms with Crippen molar-refractivity contribution in [2.24, 2.45) is 0 Å². The predicted octanol–water partition coefficient (Wildman–Crippen LogP) is 1.15. The number of thiocarbonyl (C=S) groups is 1. The first-order valence-corrected chi connectivity index (χ1v) is 7.54. The van der Waals surface area contributed by atoms with Gasteiger partial charge in [0.2, 0.25) is 0 Å². The van der Waals surface area contributed by atoms with Gasteiger partial charge in [0.15, 0.2) is 5.11 Å². The maximum atomic E-state index is 12.6. The highest BCUT2D eigenvalue weighted by Gasteiger charge is 2.49. The van der Waals surface area contributed by atoms with E-state index in [-0.39, 0.29) is 16.8 Å². The number of imide groups is 1. The molecule has 3 N–H and O–H groups in total. The highest BCUT2D eigenvalue weighted by atomic mass is 32.1. The molecular weight excluding hydrogens is 334 g/mol. The minimum atomic E-state index is -1.34. The van der Waals surface area contributed by atoms with E-state index in [2.05, 4.69) is 16.1 Å². The van der Waals surface area contributed by atoms with Crippen LogP contribution < -0.4 is 16.1 Å². The molecule has 1 atom stereocenters. The molecule has 1 heterocycles. The summed E-state index contributed by atoms with van der Waals surface area (Å²) in [7, 11) is 0. The topological polar surface area (TPSA) is 117 Å². The van der Waals surface area contributed by atoms with E-state index in [1.165, 1.54) is 31.2 Å². The molecule has 1 fully saturated rings. The number of nitrogens with zero attached hydrogens (tertiary/aromatic N) is 2. The number of amides is 3. The zero-order valence-electron chi connectivity index (χ0n) is 13.3. The van der Waals surface area contributed by atoms with Gasteiger partial charge in [-0.2, -0.15) is 5.01 Å². The fourth-order valence-electron chi connectivity index (χ4n) is 2.25. The second kappa shape index (κ2) is 6.40. The number of hydrazine groups is 1. The Kier molecular flexibility index (Phi) is 4.69. The first kappa shape index (κ1) is 17.6. The third-order valence-corrected chi connectivity index (χ3v) is 3.69. The number of nitro groups is 1. The summed E-state index contributed by atoms with van der Waals surface area (Å²) in [6, 6.07) is 4.80. The van der Waals surface area contributed by atoms with Crippen molar-refractivity contribution in [3.63, 3.8) is 0 Å². The molecule has 0 radical (unpaired) electrons. The zero-order chi connectivity index (χ0) is 18.1. The maximum Gasteiger partial charge on any atom is 0.344 e. The Hall–Kier alpha value is -2.75. The van der Waals surface area contributed by atoms with E-state index in [0.29, 0.717) is 5.56 Å². The molecule has 0 saturated carbocycles. The number of non-ortho nitro benzene ring substituents is 1. The molecule has 10 heteroatoms. The van der Waals surface area contributed by atoms with Gasteiger partial charge in [0.05, 0.1) is 4.92 Å². The van der Waals surface area contributed by atoms with Crippen molar-refractivity contribution in [2.75, 3.05) is 0 Å². The highest BCUT2D eigenvalue weighted by Crippen LogP contribution is 2.29. The molecule has 3 amide bonds. The van der Waals surface area contributed by atoms with Gasteiger partial charge in [-0.3, -0.25) is 20.3 Å². The molecule has 1 aliphatic heterocycles. The van der Waals surface area contributed by atoms with Crippen molar-refractivity contribution in [1.82, 2.24) is 21.1 Å². The minimum Gasteiger partial charge on any atom is -0.359 e. The molecule has 0 aromatic heterocycles. The van der Waals surface area contributed by atoms with Gasteiger partial charge in [0, 0.05) is 18.2 Å². The largest absolute Gasteiger partial charge is 0.359 e. The van der Waals surface area contributed by atoms with Crippen LogP contribution in [0.4, 0.5) is 10.5 Å². The summed E-state index contributed by atoms with van der Waals surface area (Å²) in [4.78, 5) is 34.9. The average Bonchev–Trinajstić information content (AvgIpc) is 2.71. The summed E-state index contributed by atoms with van der Waals surface area (Å²) < 4.78 is 0. The lowest BCUT2D eigenvalue weighted by atomic mass is 9.92. The molecule has 0 spiro atoms. The van der Waals surface area contributed by atoms with Crippen molar-refractivity contribution in [2.45, 2.75) is 32.4 Å². The second-order valence-electron chi connectivity index (χ2n) is 5.74. The van der Waals surface area contributed by atoms with Crippen molar-refractivity contribution in [3.8, 4) is 0 Å². The summed E-state index contributed by atoms with van der Waals surface area (Å²) in [5.41, 5.74) is 1.54. The number of nitro benzene ring substituents is 1. The molecule has 24 heavy (non-hydrogen) atoms. The molecule has 0 bridgehead atoms. The fraction of sp³-hybridized carbons (Fsp3) is 0.357. The van der Waals surface area contributed by atoms with Gasteiger partial charge in [0.25, 0.3) is 11.6 Å². The van der Waals surface area contributed by atoms with Gasteiger partial charge in [-0.1, -0.05) is 0 Å². The van der Waals surface area contributed by atoms with Crippen LogP contribution in [0.3, 0.4) is 0 Å². The smallest absolute Gasteiger partial charge is 0.344 e. The molecule has 9 nitrogen and oxygen atoms in total. The van der Waals surface area contributed by atoms with Crippen molar-refractivity contribution < 1.29 is 14.5 Å². The van der Waals surface area contributed by atoms with Crippen LogP contribution in [0.1, 0.15) is 26.3 Å². The third-order valence-electron chi connectivity index (χ3n) is 3.48. The van der Waals surface area contributed by atoms with Gasteiger partial charge in [-0.05, 0) is 50.7 Å². The summed E-state index contributed by atoms with van der Waals surface area (Å²) >= 11 is 5.04. The SMILES string of the molecule is CC(C)NC(=S)NN1C(=O)N[C@@](C)(c2ccc([N+](=O)[O-])cc2)C1=O. The van der Waals surface area contributed by atoms with Crippen LogP contribution >= 0.6 is 12.2 Å². The molecule has 1 saturated heterocycles. The van der Waals surface area contributed by atoms with Crippen LogP contribution in [0.2, 0.25) is 0 Å². The lowest BCUT2D eigenvalue weighted by molar-refractivity contribution is -0.384. The van der Waals surface area contributed by atoms with Gasteiger partial charge in [0.1, 0.15) is 5.54 Å². The van der Waals surface area contributed by atoms with E-state index in [4.69, 9.17) is 12.2 Å². The van der Waals surface area contributed by atoms with Gasteiger partial charge in [-0.25, -0.2) is 4.79 Å². The van der Waals surface area contributed by atoms with Crippen LogP contribution in [0.15, 0.2) is 24.3 Å². The summed E-state index contributed by atoms with van der Waals surface area (Å²) in [6.07, 6.45) is 0. The minimum absolute atomic E-state index is 0.0341. The standard InChI is InChI=1S/C14H17N5O4S/c1-8(2)15-12(24)17-18-11(20)14(3,16-13(18)21)9-4-6-10(7-5-9)19(22)23/h4-8H,1-3H3,(H,16,21)(H2,15,17,24)/t14-/m0/s1. The molecule has 0 aliphatic carbocycles. The molecule has 128 valence electrons. The van der Waals surface area contributed by atoms with Gasteiger partial charge in [-0.15, -0.1) is 0 Å². The number of rotatable bonds is 4.